The number of benzene rings is 1. The first kappa shape index (κ1) is 16.4. The van der Waals surface area contributed by atoms with Crippen LogP contribution >= 0.6 is 34.5 Å². The Bertz CT molecular complexity index is 1050. The predicted octanol–water partition coefficient (Wildman–Crippen LogP) is 5.11. The summed E-state index contributed by atoms with van der Waals surface area (Å²) in [6.45, 7) is 0. The maximum absolute atomic E-state index is 6.45. The van der Waals surface area contributed by atoms with Crippen LogP contribution in [0.1, 0.15) is 17.4 Å². The molecule has 1 atom stereocenters. The molecule has 0 aliphatic rings. The Hall–Kier alpha value is -2.05. The topological polar surface area (TPSA) is 64.7 Å². The van der Waals surface area contributed by atoms with Gasteiger partial charge in [0.2, 0.25) is 0 Å². The van der Waals surface area contributed by atoms with E-state index < -0.39 is 6.04 Å². The third-order valence-corrected chi connectivity index (χ3v) is 5.36. The molecule has 1 aromatic carbocycles. The van der Waals surface area contributed by atoms with Gasteiger partial charge in [0.05, 0.1) is 17.4 Å². The van der Waals surface area contributed by atoms with Crippen LogP contribution in [0.2, 0.25) is 10.0 Å². The molecule has 4 aromatic rings. The molecule has 0 spiro atoms. The molecular formula is C18H12Cl2N4S. The number of fused-ring (bicyclic) bond motifs is 1. The van der Waals surface area contributed by atoms with E-state index in [1.54, 1.807) is 12.3 Å². The second-order valence-corrected chi connectivity index (χ2v) is 7.15. The summed E-state index contributed by atoms with van der Waals surface area (Å²) >= 11 is 14.0. The van der Waals surface area contributed by atoms with Gasteiger partial charge < -0.3 is 5.73 Å². The van der Waals surface area contributed by atoms with Gasteiger partial charge in [0.15, 0.2) is 0 Å². The Labute approximate surface area is 158 Å². The van der Waals surface area contributed by atoms with Gasteiger partial charge in [-0.25, -0.2) is 9.97 Å². The molecule has 0 aliphatic heterocycles. The van der Waals surface area contributed by atoms with Crippen molar-refractivity contribution in [2.24, 2.45) is 5.73 Å². The van der Waals surface area contributed by atoms with Crippen LogP contribution in [0.25, 0.3) is 21.3 Å². The third kappa shape index (κ3) is 3.00. The monoisotopic (exact) mass is 386 g/mol. The van der Waals surface area contributed by atoms with Crippen molar-refractivity contribution in [2.75, 3.05) is 0 Å². The van der Waals surface area contributed by atoms with Gasteiger partial charge in [-0.3, -0.25) is 4.98 Å². The van der Waals surface area contributed by atoms with E-state index >= 15 is 0 Å². The van der Waals surface area contributed by atoms with Crippen molar-refractivity contribution in [1.82, 2.24) is 15.0 Å². The van der Waals surface area contributed by atoms with Gasteiger partial charge >= 0.3 is 0 Å². The molecule has 25 heavy (non-hydrogen) atoms. The highest BCUT2D eigenvalue weighted by Gasteiger charge is 2.20. The number of nitrogens with zero attached hydrogens (tertiary/aromatic N) is 3. The van der Waals surface area contributed by atoms with E-state index in [2.05, 4.69) is 15.0 Å². The van der Waals surface area contributed by atoms with Gasteiger partial charge in [0, 0.05) is 38.1 Å². The average Bonchev–Trinajstić information content (AvgIpc) is 3.06. The first-order valence-electron chi connectivity index (χ1n) is 7.49. The highest BCUT2D eigenvalue weighted by molar-refractivity contribution is 7.17. The van der Waals surface area contributed by atoms with E-state index in [1.165, 1.54) is 17.7 Å². The summed E-state index contributed by atoms with van der Waals surface area (Å²) in [5, 5.41) is 4.08. The number of halogens is 2. The fourth-order valence-electron chi connectivity index (χ4n) is 2.74. The van der Waals surface area contributed by atoms with Crippen molar-refractivity contribution in [3.8, 4) is 11.1 Å². The third-order valence-electron chi connectivity index (χ3n) is 3.92. The number of thiophene rings is 1. The van der Waals surface area contributed by atoms with Gasteiger partial charge in [-0.2, -0.15) is 0 Å². The van der Waals surface area contributed by atoms with Gasteiger partial charge in [-0.15, -0.1) is 11.3 Å². The van der Waals surface area contributed by atoms with Crippen LogP contribution in [-0.4, -0.2) is 15.0 Å². The molecule has 3 aromatic heterocycles. The minimum atomic E-state index is -0.453. The van der Waals surface area contributed by atoms with Crippen molar-refractivity contribution in [3.63, 3.8) is 0 Å². The largest absolute Gasteiger partial charge is 0.318 e. The highest BCUT2D eigenvalue weighted by Crippen LogP contribution is 2.40. The Morgan fingerprint density at radius 1 is 1.00 bits per heavy atom. The van der Waals surface area contributed by atoms with Crippen molar-refractivity contribution in [2.45, 2.75) is 6.04 Å². The number of pyridine rings is 1. The summed E-state index contributed by atoms with van der Waals surface area (Å²) in [7, 11) is 0. The Kier molecular flexibility index (Phi) is 4.39. The number of nitrogens with two attached hydrogens (primary N) is 1. The Balaban J connectivity index is 1.93. The van der Waals surface area contributed by atoms with E-state index in [0.29, 0.717) is 10.0 Å². The van der Waals surface area contributed by atoms with Gasteiger partial charge in [0.25, 0.3) is 0 Å². The molecule has 124 valence electrons. The second kappa shape index (κ2) is 6.69. The van der Waals surface area contributed by atoms with Gasteiger partial charge in [-0.1, -0.05) is 35.3 Å². The number of rotatable bonds is 3. The van der Waals surface area contributed by atoms with Gasteiger partial charge in [0.1, 0.15) is 11.2 Å². The molecule has 1 unspecified atom stereocenters. The van der Waals surface area contributed by atoms with E-state index in [9.17, 15) is 0 Å². The summed E-state index contributed by atoms with van der Waals surface area (Å²) in [5.74, 6) is 0. The molecule has 0 radical (unpaired) electrons. The second-order valence-electron chi connectivity index (χ2n) is 5.44. The Morgan fingerprint density at radius 2 is 1.88 bits per heavy atom. The lowest BCUT2D eigenvalue weighted by molar-refractivity contribution is 0.800. The molecule has 4 rings (SSSR count). The van der Waals surface area contributed by atoms with Crippen LogP contribution < -0.4 is 5.73 Å². The lowest BCUT2D eigenvalue weighted by Crippen LogP contribution is -2.15. The minimum Gasteiger partial charge on any atom is -0.318 e. The van der Waals surface area contributed by atoms with E-state index in [4.69, 9.17) is 28.9 Å². The summed E-state index contributed by atoms with van der Waals surface area (Å²) in [4.78, 5) is 14.0. The van der Waals surface area contributed by atoms with Crippen molar-refractivity contribution in [3.05, 3.63) is 75.7 Å². The summed E-state index contributed by atoms with van der Waals surface area (Å²) < 4.78 is 0. The summed E-state index contributed by atoms with van der Waals surface area (Å²) in [6.07, 6.45) is 3.25. The molecule has 4 nitrogen and oxygen atoms in total. The maximum atomic E-state index is 6.45. The normalized spacial score (nSPS) is 12.4. The van der Waals surface area contributed by atoms with Crippen LogP contribution in [0.15, 0.2) is 54.3 Å². The summed E-state index contributed by atoms with van der Waals surface area (Å²) in [5.41, 5.74) is 9.75. The van der Waals surface area contributed by atoms with Crippen molar-refractivity contribution < 1.29 is 0 Å². The number of aromatic nitrogens is 3. The predicted molar refractivity (Wildman–Crippen MR) is 103 cm³/mol. The molecule has 0 bridgehead atoms. The van der Waals surface area contributed by atoms with Crippen molar-refractivity contribution in [1.29, 1.82) is 0 Å². The quantitative estimate of drug-likeness (QED) is 0.531. The first-order valence-corrected chi connectivity index (χ1v) is 9.12. The summed E-state index contributed by atoms with van der Waals surface area (Å²) in [6, 6.07) is 10.6. The minimum absolute atomic E-state index is 0.453. The molecule has 0 aliphatic carbocycles. The zero-order valence-electron chi connectivity index (χ0n) is 12.9. The lowest BCUT2D eigenvalue weighted by atomic mass is 10.0. The fraction of sp³-hybridized carbons (Fsp3) is 0.0556. The molecule has 0 saturated carbocycles. The SMILES string of the molecule is NC(c1ccccn1)c1ncnc2scc(-c3ccc(Cl)cc3Cl)c12. The molecule has 0 amide bonds. The van der Waals surface area contributed by atoms with Crippen molar-refractivity contribution >= 4 is 44.8 Å². The molecule has 2 N–H and O–H groups in total. The average molecular weight is 387 g/mol. The van der Waals surface area contributed by atoms with Gasteiger partial charge in [-0.05, 0) is 24.3 Å². The van der Waals surface area contributed by atoms with E-state index in [1.807, 2.05) is 35.7 Å². The van der Waals surface area contributed by atoms with Crippen LogP contribution in [0, 0.1) is 0 Å². The zero-order valence-corrected chi connectivity index (χ0v) is 15.2. The molecular weight excluding hydrogens is 375 g/mol. The van der Waals surface area contributed by atoms with E-state index in [0.717, 1.165) is 32.7 Å². The Morgan fingerprint density at radius 3 is 2.64 bits per heavy atom. The van der Waals surface area contributed by atoms with Crippen LogP contribution in [-0.2, 0) is 0 Å². The maximum Gasteiger partial charge on any atom is 0.127 e. The number of hydrogen-bond acceptors (Lipinski definition) is 5. The smallest absolute Gasteiger partial charge is 0.127 e. The van der Waals surface area contributed by atoms with Crippen LogP contribution in [0.5, 0.6) is 0 Å². The molecule has 7 heteroatoms. The lowest BCUT2D eigenvalue weighted by Gasteiger charge is -2.13. The highest BCUT2D eigenvalue weighted by atomic mass is 35.5. The first-order chi connectivity index (χ1) is 12.1. The standard InChI is InChI=1S/C18H12Cl2N4S/c19-10-4-5-11(13(20)7-10)12-8-25-18-15(12)17(23-9-24-18)16(21)14-3-1-2-6-22-14/h1-9,16H,21H2. The van der Waals surface area contributed by atoms with Crippen LogP contribution in [0.4, 0.5) is 0 Å². The zero-order chi connectivity index (χ0) is 17.4. The molecule has 0 fully saturated rings. The van der Waals surface area contributed by atoms with Crippen LogP contribution in [0.3, 0.4) is 0 Å². The molecule has 3 heterocycles. The fourth-order valence-corrected chi connectivity index (χ4v) is 4.17. The number of hydrogen-bond donors (Lipinski definition) is 1. The molecule has 0 saturated heterocycles. The van der Waals surface area contributed by atoms with E-state index in [-0.39, 0.29) is 0 Å².